The van der Waals surface area contributed by atoms with Crippen molar-refractivity contribution in [1.82, 2.24) is 10.2 Å². The van der Waals surface area contributed by atoms with Gasteiger partial charge in [0.25, 0.3) is 0 Å². The van der Waals surface area contributed by atoms with Gasteiger partial charge in [-0.25, -0.2) is 0 Å². The van der Waals surface area contributed by atoms with Crippen molar-refractivity contribution in [2.24, 2.45) is 0 Å². The van der Waals surface area contributed by atoms with Crippen molar-refractivity contribution in [3.63, 3.8) is 0 Å². The highest BCUT2D eigenvalue weighted by atomic mass is 16.4. The van der Waals surface area contributed by atoms with Crippen LogP contribution < -0.4 is 5.32 Å². The molecule has 5 heteroatoms. The molecule has 0 radical (unpaired) electrons. The highest BCUT2D eigenvalue weighted by Gasteiger charge is 2.46. The van der Waals surface area contributed by atoms with Gasteiger partial charge in [-0.2, -0.15) is 0 Å². The molecule has 0 aromatic heterocycles. The Balaban J connectivity index is 2.98. The Morgan fingerprint density at radius 2 is 2.06 bits per heavy atom. The molecule has 5 nitrogen and oxygen atoms in total. The number of nitrogens with zero attached hydrogens (tertiary/aromatic N) is 1. The molecule has 104 valence electrons. The Morgan fingerprint density at radius 3 is 2.50 bits per heavy atom. The van der Waals surface area contributed by atoms with Crippen LogP contribution in [-0.2, 0) is 9.59 Å². The SMILES string of the molecule is CC(C)(C)N1C(CCC(=O)O)C(=O)NCC1(C)C. The van der Waals surface area contributed by atoms with E-state index in [2.05, 4.69) is 44.8 Å². The van der Waals surface area contributed by atoms with E-state index in [1.54, 1.807) is 0 Å². The third-order valence-electron chi connectivity index (χ3n) is 3.32. The van der Waals surface area contributed by atoms with Gasteiger partial charge in [-0.15, -0.1) is 0 Å². The average Bonchev–Trinajstić information content (AvgIpc) is 2.16. The second kappa shape index (κ2) is 4.88. The van der Waals surface area contributed by atoms with E-state index >= 15 is 0 Å². The van der Waals surface area contributed by atoms with Crippen LogP contribution >= 0.6 is 0 Å². The van der Waals surface area contributed by atoms with Crippen molar-refractivity contribution in [2.75, 3.05) is 6.54 Å². The number of carboxylic acids is 1. The maximum Gasteiger partial charge on any atom is 0.303 e. The Morgan fingerprint density at radius 1 is 1.50 bits per heavy atom. The van der Waals surface area contributed by atoms with Crippen LogP contribution in [-0.4, -0.2) is 45.5 Å². The molecule has 1 aliphatic rings. The van der Waals surface area contributed by atoms with Crippen LogP contribution in [0.25, 0.3) is 0 Å². The molecule has 1 fully saturated rings. The first-order valence-corrected chi connectivity index (χ1v) is 6.34. The van der Waals surface area contributed by atoms with Crippen molar-refractivity contribution in [3.05, 3.63) is 0 Å². The number of amides is 1. The normalized spacial score (nSPS) is 24.7. The summed E-state index contributed by atoms with van der Waals surface area (Å²) in [7, 11) is 0. The van der Waals surface area contributed by atoms with Crippen LogP contribution in [0.3, 0.4) is 0 Å². The smallest absolute Gasteiger partial charge is 0.303 e. The fourth-order valence-corrected chi connectivity index (χ4v) is 2.94. The molecule has 1 atom stereocenters. The number of hydrogen-bond acceptors (Lipinski definition) is 3. The van der Waals surface area contributed by atoms with Crippen LogP contribution in [0, 0.1) is 0 Å². The number of rotatable bonds is 3. The zero-order valence-electron chi connectivity index (χ0n) is 11.9. The molecule has 1 rings (SSSR count). The first-order chi connectivity index (χ1) is 8.05. The number of carbonyl (C=O) groups excluding carboxylic acids is 1. The summed E-state index contributed by atoms with van der Waals surface area (Å²) in [5, 5.41) is 11.7. The third-order valence-corrected chi connectivity index (χ3v) is 3.32. The van der Waals surface area contributed by atoms with E-state index in [-0.39, 0.29) is 29.4 Å². The van der Waals surface area contributed by atoms with Crippen LogP contribution in [0.1, 0.15) is 47.5 Å². The van der Waals surface area contributed by atoms with Crippen molar-refractivity contribution in [2.45, 2.75) is 64.6 Å². The minimum atomic E-state index is -0.861. The molecule has 0 aromatic carbocycles. The summed E-state index contributed by atoms with van der Waals surface area (Å²) in [4.78, 5) is 24.9. The van der Waals surface area contributed by atoms with E-state index in [0.29, 0.717) is 13.0 Å². The van der Waals surface area contributed by atoms with Crippen molar-refractivity contribution in [3.8, 4) is 0 Å². The zero-order valence-corrected chi connectivity index (χ0v) is 11.9. The van der Waals surface area contributed by atoms with Crippen molar-refractivity contribution in [1.29, 1.82) is 0 Å². The van der Waals surface area contributed by atoms with Gasteiger partial charge in [0.05, 0.1) is 6.04 Å². The van der Waals surface area contributed by atoms with E-state index in [1.165, 1.54) is 0 Å². The summed E-state index contributed by atoms with van der Waals surface area (Å²) >= 11 is 0. The maximum absolute atomic E-state index is 12.0. The van der Waals surface area contributed by atoms with Crippen LogP contribution in [0.4, 0.5) is 0 Å². The van der Waals surface area contributed by atoms with E-state index in [9.17, 15) is 9.59 Å². The Kier molecular flexibility index (Phi) is 4.05. The number of carboxylic acid groups (broad SMARTS) is 1. The van der Waals surface area contributed by atoms with Crippen LogP contribution in [0.5, 0.6) is 0 Å². The van der Waals surface area contributed by atoms with Gasteiger partial charge in [0.2, 0.25) is 5.91 Å². The lowest BCUT2D eigenvalue weighted by molar-refractivity contribution is -0.143. The Hall–Kier alpha value is -1.10. The highest BCUT2D eigenvalue weighted by molar-refractivity contribution is 5.83. The van der Waals surface area contributed by atoms with Gasteiger partial charge in [-0.05, 0) is 41.0 Å². The lowest BCUT2D eigenvalue weighted by Crippen LogP contribution is -2.70. The lowest BCUT2D eigenvalue weighted by Gasteiger charge is -2.53. The fraction of sp³-hybridized carbons (Fsp3) is 0.846. The van der Waals surface area contributed by atoms with E-state index in [1.807, 2.05) is 0 Å². The molecule has 0 bridgehead atoms. The molecular weight excluding hydrogens is 232 g/mol. The summed E-state index contributed by atoms with van der Waals surface area (Å²) < 4.78 is 0. The zero-order chi connectivity index (χ0) is 14.1. The molecule has 1 aliphatic heterocycles. The lowest BCUT2D eigenvalue weighted by atomic mass is 9.87. The summed E-state index contributed by atoms with van der Waals surface area (Å²) in [5.41, 5.74) is -0.347. The molecule has 18 heavy (non-hydrogen) atoms. The van der Waals surface area contributed by atoms with Gasteiger partial charge in [-0.3, -0.25) is 14.5 Å². The van der Waals surface area contributed by atoms with Gasteiger partial charge in [-0.1, -0.05) is 0 Å². The van der Waals surface area contributed by atoms with E-state index in [0.717, 1.165) is 0 Å². The number of hydrogen-bond donors (Lipinski definition) is 2. The number of piperazine rings is 1. The monoisotopic (exact) mass is 256 g/mol. The van der Waals surface area contributed by atoms with E-state index in [4.69, 9.17) is 5.11 Å². The Labute approximate surface area is 109 Å². The number of carbonyl (C=O) groups is 2. The molecule has 1 saturated heterocycles. The molecule has 0 spiro atoms. The molecular formula is C13H24N2O3. The van der Waals surface area contributed by atoms with Crippen LogP contribution in [0.2, 0.25) is 0 Å². The molecule has 1 heterocycles. The van der Waals surface area contributed by atoms with Gasteiger partial charge < -0.3 is 10.4 Å². The summed E-state index contributed by atoms with van der Waals surface area (Å²) in [6, 6.07) is -0.371. The average molecular weight is 256 g/mol. The molecule has 0 aliphatic carbocycles. The minimum absolute atomic E-state index is 0.0146. The second-order valence-electron chi connectivity index (χ2n) is 6.52. The molecule has 0 saturated carbocycles. The molecule has 0 aromatic rings. The summed E-state index contributed by atoms with van der Waals surface area (Å²) in [6.45, 7) is 10.9. The summed E-state index contributed by atoms with van der Waals surface area (Å²) in [5.74, 6) is -0.925. The highest BCUT2D eigenvalue weighted by Crippen LogP contribution is 2.32. The standard InChI is InChI=1S/C13H24N2O3/c1-12(2,3)15-9(6-7-10(16)17)11(18)14-8-13(15,4)5/h9H,6-8H2,1-5H3,(H,14,18)(H,16,17). The predicted octanol–water partition coefficient (Wildman–Crippen LogP) is 1.23. The first-order valence-electron chi connectivity index (χ1n) is 6.34. The number of nitrogens with one attached hydrogen (secondary N) is 1. The fourth-order valence-electron chi connectivity index (χ4n) is 2.94. The number of aliphatic carboxylic acids is 1. The van der Waals surface area contributed by atoms with Crippen LogP contribution in [0.15, 0.2) is 0 Å². The predicted molar refractivity (Wildman–Crippen MR) is 69.3 cm³/mol. The quantitative estimate of drug-likeness (QED) is 0.797. The van der Waals surface area contributed by atoms with Gasteiger partial charge in [0.1, 0.15) is 0 Å². The van der Waals surface area contributed by atoms with Gasteiger partial charge in [0, 0.05) is 24.0 Å². The molecule has 2 N–H and O–H groups in total. The summed E-state index contributed by atoms with van der Waals surface area (Å²) in [6.07, 6.45) is 0.364. The first kappa shape index (κ1) is 15.0. The minimum Gasteiger partial charge on any atom is -0.481 e. The largest absolute Gasteiger partial charge is 0.481 e. The van der Waals surface area contributed by atoms with Crippen molar-refractivity contribution < 1.29 is 14.7 Å². The molecule has 1 amide bonds. The third kappa shape index (κ3) is 3.22. The second-order valence-corrected chi connectivity index (χ2v) is 6.52. The van der Waals surface area contributed by atoms with Gasteiger partial charge in [0.15, 0.2) is 0 Å². The Bertz CT molecular complexity index is 345. The van der Waals surface area contributed by atoms with E-state index < -0.39 is 5.97 Å². The van der Waals surface area contributed by atoms with Crippen molar-refractivity contribution >= 4 is 11.9 Å². The van der Waals surface area contributed by atoms with Gasteiger partial charge >= 0.3 is 5.97 Å². The topological polar surface area (TPSA) is 69.6 Å². The molecule has 1 unspecified atom stereocenters. The maximum atomic E-state index is 12.0.